The highest BCUT2D eigenvalue weighted by Gasteiger charge is 2.41. The molecule has 0 aliphatic carbocycles. The molecular formula is C11H7F4NO. The lowest BCUT2D eigenvalue weighted by Crippen LogP contribution is -2.13. The molecule has 90 valence electrons. The molecule has 0 spiro atoms. The number of benzene rings is 1. The SMILES string of the molecule is N#C[C@H]1O[C@@H](CC(F)(F)F)c2cccc(F)c21. The summed E-state index contributed by atoms with van der Waals surface area (Å²) in [7, 11) is 0. The van der Waals surface area contributed by atoms with E-state index in [-0.39, 0.29) is 11.1 Å². The molecule has 2 nitrogen and oxygen atoms in total. The lowest BCUT2D eigenvalue weighted by molar-refractivity contribution is -0.162. The summed E-state index contributed by atoms with van der Waals surface area (Å²) in [4.78, 5) is 0. The van der Waals surface area contributed by atoms with Crippen LogP contribution in [0.4, 0.5) is 17.6 Å². The van der Waals surface area contributed by atoms with Crippen LogP contribution >= 0.6 is 0 Å². The summed E-state index contributed by atoms with van der Waals surface area (Å²) < 4.78 is 55.2. The molecular weight excluding hydrogens is 238 g/mol. The second kappa shape index (κ2) is 4.00. The lowest BCUT2D eigenvalue weighted by atomic mass is 10.00. The lowest BCUT2D eigenvalue weighted by Gasteiger charge is -2.13. The average Bonchev–Trinajstić information content (AvgIpc) is 2.56. The van der Waals surface area contributed by atoms with E-state index in [4.69, 9.17) is 10.00 Å². The summed E-state index contributed by atoms with van der Waals surface area (Å²) in [6.45, 7) is 0. The van der Waals surface area contributed by atoms with Gasteiger partial charge in [-0.15, -0.1) is 0 Å². The predicted octanol–water partition coefficient (Wildman–Crippen LogP) is 3.41. The van der Waals surface area contributed by atoms with Crippen molar-refractivity contribution in [3.05, 3.63) is 35.1 Å². The minimum atomic E-state index is -4.42. The summed E-state index contributed by atoms with van der Waals surface area (Å²) in [5, 5.41) is 8.73. The van der Waals surface area contributed by atoms with Crippen molar-refractivity contribution >= 4 is 0 Å². The Labute approximate surface area is 94.4 Å². The van der Waals surface area contributed by atoms with Crippen LogP contribution in [-0.2, 0) is 4.74 Å². The Hall–Kier alpha value is -1.61. The zero-order valence-electron chi connectivity index (χ0n) is 8.46. The molecule has 0 N–H and O–H groups in total. The monoisotopic (exact) mass is 245 g/mol. The van der Waals surface area contributed by atoms with E-state index >= 15 is 0 Å². The molecule has 1 aliphatic heterocycles. The first kappa shape index (κ1) is 11.9. The fraction of sp³-hybridized carbons (Fsp3) is 0.364. The van der Waals surface area contributed by atoms with Crippen LogP contribution in [0.15, 0.2) is 18.2 Å². The Balaban J connectivity index is 2.39. The fourth-order valence-electron chi connectivity index (χ4n) is 1.88. The van der Waals surface area contributed by atoms with E-state index in [1.54, 1.807) is 6.07 Å². The van der Waals surface area contributed by atoms with Crippen molar-refractivity contribution in [1.82, 2.24) is 0 Å². The largest absolute Gasteiger partial charge is 0.391 e. The Morgan fingerprint density at radius 2 is 2.06 bits per heavy atom. The normalized spacial score (nSPS) is 23.2. The van der Waals surface area contributed by atoms with Crippen LogP contribution in [0.25, 0.3) is 0 Å². The van der Waals surface area contributed by atoms with Crippen LogP contribution in [0.1, 0.15) is 29.8 Å². The maximum atomic E-state index is 13.4. The van der Waals surface area contributed by atoms with Gasteiger partial charge in [0.1, 0.15) is 5.82 Å². The summed E-state index contributed by atoms with van der Waals surface area (Å²) >= 11 is 0. The molecule has 0 saturated carbocycles. The van der Waals surface area contributed by atoms with E-state index in [1.807, 2.05) is 0 Å². The Bertz CT molecular complexity index is 477. The third-order valence-corrected chi connectivity index (χ3v) is 2.53. The van der Waals surface area contributed by atoms with Crippen molar-refractivity contribution in [2.24, 2.45) is 0 Å². The molecule has 0 unspecified atom stereocenters. The van der Waals surface area contributed by atoms with Crippen LogP contribution in [0.3, 0.4) is 0 Å². The Morgan fingerprint density at radius 3 is 2.65 bits per heavy atom. The first-order chi connectivity index (χ1) is 7.92. The first-order valence-corrected chi connectivity index (χ1v) is 4.82. The van der Waals surface area contributed by atoms with Crippen LogP contribution in [-0.4, -0.2) is 6.18 Å². The molecule has 0 fully saturated rings. The van der Waals surface area contributed by atoms with Gasteiger partial charge in [-0.25, -0.2) is 4.39 Å². The maximum Gasteiger partial charge on any atom is 0.391 e. The number of halogens is 4. The van der Waals surface area contributed by atoms with Gasteiger partial charge in [0.2, 0.25) is 0 Å². The van der Waals surface area contributed by atoms with Crippen molar-refractivity contribution in [3.8, 4) is 6.07 Å². The number of rotatable bonds is 1. The van der Waals surface area contributed by atoms with Gasteiger partial charge in [-0.2, -0.15) is 18.4 Å². The minimum absolute atomic E-state index is 0.0794. The molecule has 0 radical (unpaired) electrons. The van der Waals surface area contributed by atoms with Gasteiger partial charge < -0.3 is 4.74 Å². The predicted molar refractivity (Wildman–Crippen MR) is 49.3 cm³/mol. The van der Waals surface area contributed by atoms with E-state index in [1.165, 1.54) is 12.1 Å². The van der Waals surface area contributed by atoms with Crippen LogP contribution in [0.2, 0.25) is 0 Å². The van der Waals surface area contributed by atoms with Crippen molar-refractivity contribution in [2.75, 3.05) is 0 Å². The van der Waals surface area contributed by atoms with E-state index in [9.17, 15) is 17.6 Å². The van der Waals surface area contributed by atoms with E-state index in [2.05, 4.69) is 0 Å². The number of nitrogens with zero attached hydrogens (tertiary/aromatic N) is 1. The van der Waals surface area contributed by atoms with Gasteiger partial charge in [0, 0.05) is 5.56 Å². The molecule has 1 heterocycles. The second-order valence-corrected chi connectivity index (χ2v) is 3.70. The molecule has 0 amide bonds. The summed E-state index contributed by atoms with van der Waals surface area (Å²) in [5.41, 5.74) is 0.0260. The van der Waals surface area contributed by atoms with Gasteiger partial charge in [0.05, 0.1) is 18.6 Å². The molecule has 6 heteroatoms. The first-order valence-electron chi connectivity index (χ1n) is 4.82. The smallest absolute Gasteiger partial charge is 0.350 e. The van der Waals surface area contributed by atoms with Crippen LogP contribution in [0.5, 0.6) is 0 Å². The number of hydrogen-bond acceptors (Lipinski definition) is 2. The Morgan fingerprint density at radius 1 is 1.35 bits per heavy atom. The number of alkyl halides is 3. The van der Waals surface area contributed by atoms with Crippen LogP contribution < -0.4 is 0 Å². The topological polar surface area (TPSA) is 33.0 Å². The fourth-order valence-corrected chi connectivity index (χ4v) is 1.88. The summed E-state index contributed by atoms with van der Waals surface area (Å²) in [5.74, 6) is -0.710. The third-order valence-electron chi connectivity index (χ3n) is 2.53. The highest BCUT2D eigenvalue weighted by atomic mass is 19.4. The van der Waals surface area contributed by atoms with Gasteiger partial charge >= 0.3 is 6.18 Å². The molecule has 1 aliphatic rings. The third kappa shape index (κ3) is 2.24. The van der Waals surface area contributed by atoms with Crippen molar-refractivity contribution in [2.45, 2.75) is 24.8 Å². The summed E-state index contributed by atoms with van der Waals surface area (Å²) in [6, 6.07) is 5.41. The number of hydrogen-bond donors (Lipinski definition) is 0. The van der Waals surface area contributed by atoms with E-state index in [0.29, 0.717) is 0 Å². The van der Waals surface area contributed by atoms with Crippen LogP contribution in [0, 0.1) is 17.1 Å². The van der Waals surface area contributed by atoms with Gasteiger partial charge in [-0.3, -0.25) is 0 Å². The van der Waals surface area contributed by atoms with E-state index in [0.717, 1.165) is 6.07 Å². The number of fused-ring (bicyclic) bond motifs is 1. The van der Waals surface area contributed by atoms with Gasteiger partial charge in [0.25, 0.3) is 0 Å². The molecule has 1 aromatic rings. The highest BCUT2D eigenvalue weighted by molar-refractivity contribution is 5.38. The quantitative estimate of drug-likeness (QED) is 0.710. The van der Waals surface area contributed by atoms with Gasteiger partial charge in [-0.1, -0.05) is 12.1 Å². The molecule has 0 saturated heterocycles. The highest BCUT2D eigenvalue weighted by Crippen LogP contribution is 2.44. The van der Waals surface area contributed by atoms with Crippen molar-refractivity contribution < 1.29 is 22.3 Å². The standard InChI is InChI=1S/C11H7F4NO/c12-7-3-1-2-6-8(4-11(13,14)15)17-9(5-16)10(6)7/h1-3,8-9H,4H2/t8-,9+/m0/s1. The molecule has 1 aromatic carbocycles. The molecule has 0 bridgehead atoms. The molecule has 2 rings (SSSR count). The Kier molecular flexibility index (Phi) is 2.79. The van der Waals surface area contributed by atoms with Gasteiger partial charge in [-0.05, 0) is 11.6 Å². The maximum absolute atomic E-state index is 13.4. The van der Waals surface area contributed by atoms with E-state index < -0.39 is 30.6 Å². The molecule has 0 aromatic heterocycles. The zero-order valence-corrected chi connectivity index (χ0v) is 8.46. The van der Waals surface area contributed by atoms with Gasteiger partial charge in [0.15, 0.2) is 6.10 Å². The average molecular weight is 245 g/mol. The van der Waals surface area contributed by atoms with Crippen molar-refractivity contribution in [3.63, 3.8) is 0 Å². The second-order valence-electron chi connectivity index (χ2n) is 3.70. The summed E-state index contributed by atoms with van der Waals surface area (Å²) in [6.07, 6.45) is -8.20. The van der Waals surface area contributed by atoms with Crippen molar-refractivity contribution in [1.29, 1.82) is 5.26 Å². The minimum Gasteiger partial charge on any atom is -0.350 e. The zero-order chi connectivity index (χ0) is 12.6. The number of ether oxygens (including phenoxy) is 1. The molecule has 17 heavy (non-hydrogen) atoms. The molecule has 2 atom stereocenters. The number of nitriles is 1.